The lowest BCUT2D eigenvalue weighted by atomic mass is 9.76. The normalized spacial score (nSPS) is 13.0. The van der Waals surface area contributed by atoms with Crippen LogP contribution in [0.2, 0.25) is 6.04 Å². The first kappa shape index (κ1) is 36.1. The third-order valence-corrected chi connectivity index (χ3v) is 10.4. The molecule has 0 fully saturated rings. The molecule has 0 saturated carbocycles. The van der Waals surface area contributed by atoms with Gasteiger partial charge in [-0.1, -0.05) is 55.4 Å². The molecule has 218 valence electrons. The zero-order valence-electron chi connectivity index (χ0n) is 26.4. The van der Waals surface area contributed by atoms with Gasteiger partial charge in [0.1, 0.15) is 0 Å². The Kier molecular flexibility index (Phi) is 24.2. The lowest BCUT2D eigenvalue weighted by Gasteiger charge is -2.37. The van der Waals surface area contributed by atoms with Gasteiger partial charge >= 0.3 is 0 Å². The van der Waals surface area contributed by atoms with Gasteiger partial charge < -0.3 is 19.1 Å². The molecular weight excluding hydrogens is 458 g/mol. The molecule has 0 amide bonds. The van der Waals surface area contributed by atoms with Crippen LogP contribution in [0.15, 0.2) is 0 Å². The molecule has 0 atom stereocenters. The first-order chi connectivity index (χ1) is 17.5. The maximum Gasteiger partial charge on any atom is 0.162 e. The van der Waals surface area contributed by atoms with Crippen molar-refractivity contribution in [2.75, 3.05) is 58.9 Å². The van der Waals surface area contributed by atoms with Crippen molar-refractivity contribution in [2.24, 2.45) is 5.41 Å². The van der Waals surface area contributed by atoms with Crippen LogP contribution < -0.4 is 0 Å². The van der Waals surface area contributed by atoms with Crippen molar-refractivity contribution >= 4 is 9.76 Å². The fourth-order valence-electron chi connectivity index (χ4n) is 5.98. The van der Waals surface area contributed by atoms with Crippen molar-refractivity contribution in [1.29, 1.82) is 0 Å². The number of rotatable bonds is 27. The molecule has 36 heavy (non-hydrogen) atoms. The maximum atomic E-state index is 6.57. The second-order valence-corrected chi connectivity index (χ2v) is 12.4. The topological polar surface area (TPSA) is 19.0 Å². The molecule has 0 N–H and O–H groups in total. The minimum Gasteiger partial charge on any atom is -0.421 e. The molecule has 0 spiro atoms. The van der Waals surface area contributed by atoms with Crippen LogP contribution in [0.1, 0.15) is 126 Å². The number of nitrogens with zero attached hydrogens (tertiary/aromatic N) is 3. The molecule has 0 radical (unpaired) electrons. The molecule has 0 bridgehead atoms. The van der Waals surface area contributed by atoms with Crippen molar-refractivity contribution in [3.8, 4) is 0 Å². The fourth-order valence-corrected chi connectivity index (χ4v) is 8.09. The lowest BCUT2D eigenvalue weighted by molar-refractivity contribution is 0.161. The summed E-state index contributed by atoms with van der Waals surface area (Å²) in [4.78, 5) is 8.01. The molecule has 0 aliphatic carbocycles. The molecule has 0 unspecified atom stereocenters. The molecule has 0 aliphatic rings. The summed E-state index contributed by atoms with van der Waals surface area (Å²) in [6, 6.07) is 1.38. The van der Waals surface area contributed by atoms with Gasteiger partial charge in [0.25, 0.3) is 0 Å². The van der Waals surface area contributed by atoms with E-state index in [-0.39, 0.29) is 0 Å². The molecule has 4 nitrogen and oxygen atoms in total. The maximum absolute atomic E-state index is 6.57. The molecule has 0 saturated heterocycles. The molecule has 0 aromatic rings. The largest absolute Gasteiger partial charge is 0.421 e. The molecular formula is C31H69N3OSi. The molecule has 5 heteroatoms. The summed E-state index contributed by atoms with van der Waals surface area (Å²) in [6.45, 7) is 29.7. The Hall–Kier alpha value is 0.0569. The summed E-state index contributed by atoms with van der Waals surface area (Å²) >= 11 is 0. The molecule has 0 aliphatic heterocycles. The fraction of sp³-hybridized carbons (Fsp3) is 1.00. The van der Waals surface area contributed by atoms with E-state index in [2.05, 4.69) is 70.1 Å². The smallest absolute Gasteiger partial charge is 0.162 e. The minimum atomic E-state index is -0.490. The molecule has 0 rings (SSSR count). The van der Waals surface area contributed by atoms with Crippen LogP contribution in [-0.4, -0.2) is 89.5 Å². The van der Waals surface area contributed by atoms with E-state index in [0.717, 1.165) is 0 Å². The van der Waals surface area contributed by atoms with Gasteiger partial charge in [0, 0.05) is 6.10 Å². The van der Waals surface area contributed by atoms with E-state index in [4.69, 9.17) is 4.43 Å². The van der Waals surface area contributed by atoms with Crippen molar-refractivity contribution in [1.82, 2.24) is 14.7 Å². The second kappa shape index (κ2) is 24.1. The highest BCUT2D eigenvalue weighted by Crippen LogP contribution is 2.39. The van der Waals surface area contributed by atoms with Gasteiger partial charge in [0.15, 0.2) is 9.76 Å². The van der Waals surface area contributed by atoms with E-state index in [1.54, 1.807) is 0 Å². The first-order valence-corrected chi connectivity index (χ1v) is 17.8. The zero-order valence-corrected chi connectivity index (χ0v) is 27.8. The monoisotopic (exact) mass is 528 g/mol. The quantitative estimate of drug-likeness (QED) is 0.105. The average Bonchev–Trinajstić information content (AvgIpc) is 2.89. The Morgan fingerprint density at radius 3 is 1.19 bits per heavy atom. The van der Waals surface area contributed by atoms with Crippen molar-refractivity contribution in [3.05, 3.63) is 0 Å². The van der Waals surface area contributed by atoms with Gasteiger partial charge in [-0.05, 0) is 141 Å². The Morgan fingerprint density at radius 2 is 0.917 bits per heavy atom. The standard InChI is InChI=1S/C31H69N3OSi/c1-9-23-32(14-6)26-17-20-31(29-36-35-30(12-4)13-5,21-18-27-33(15-7)24-10-2)22-19-28-34(16-8)25-11-3/h30H,9-29,36H2,1-8H3. The SMILES string of the molecule is CCCN(CC)CCCC(CCCN(CC)CCC)(CCCN(CC)CCC)C[SiH2]OC(CC)CC. The minimum absolute atomic E-state index is 0.487. The van der Waals surface area contributed by atoms with Crippen LogP contribution in [0, 0.1) is 5.41 Å². The summed E-state index contributed by atoms with van der Waals surface area (Å²) in [5, 5.41) is 0. The van der Waals surface area contributed by atoms with Crippen LogP contribution >= 0.6 is 0 Å². The summed E-state index contributed by atoms with van der Waals surface area (Å²) in [6.07, 6.45) is 14.9. The van der Waals surface area contributed by atoms with Gasteiger partial charge in [-0.25, -0.2) is 0 Å². The second-order valence-electron chi connectivity index (χ2n) is 11.2. The Labute approximate surface area is 231 Å². The van der Waals surface area contributed by atoms with E-state index in [1.807, 2.05) is 0 Å². The van der Waals surface area contributed by atoms with Crippen LogP contribution in [0.4, 0.5) is 0 Å². The third kappa shape index (κ3) is 16.8. The lowest BCUT2D eigenvalue weighted by Crippen LogP contribution is -2.32. The molecule has 0 heterocycles. The van der Waals surface area contributed by atoms with E-state index in [9.17, 15) is 0 Å². The highest BCUT2D eigenvalue weighted by atomic mass is 28.2. The van der Waals surface area contributed by atoms with Crippen LogP contribution in [-0.2, 0) is 4.43 Å². The van der Waals surface area contributed by atoms with E-state index < -0.39 is 9.76 Å². The Bertz CT molecular complexity index is 411. The van der Waals surface area contributed by atoms with Gasteiger partial charge in [0.2, 0.25) is 0 Å². The molecule has 0 aromatic heterocycles. The van der Waals surface area contributed by atoms with E-state index in [1.165, 1.54) is 136 Å². The highest BCUT2D eigenvalue weighted by molar-refractivity contribution is 6.27. The van der Waals surface area contributed by atoms with Crippen LogP contribution in [0.25, 0.3) is 0 Å². The van der Waals surface area contributed by atoms with Crippen molar-refractivity contribution in [3.63, 3.8) is 0 Å². The summed E-state index contributed by atoms with van der Waals surface area (Å²) in [7, 11) is -0.490. The first-order valence-electron chi connectivity index (χ1n) is 16.3. The van der Waals surface area contributed by atoms with Gasteiger partial charge in [-0.2, -0.15) is 0 Å². The van der Waals surface area contributed by atoms with Crippen molar-refractivity contribution in [2.45, 2.75) is 138 Å². The van der Waals surface area contributed by atoms with Crippen LogP contribution in [0.5, 0.6) is 0 Å². The predicted molar refractivity (Wildman–Crippen MR) is 166 cm³/mol. The summed E-state index contributed by atoms with van der Waals surface area (Å²) in [5.74, 6) is 0. The van der Waals surface area contributed by atoms with E-state index >= 15 is 0 Å². The summed E-state index contributed by atoms with van der Waals surface area (Å²) < 4.78 is 6.57. The highest BCUT2D eigenvalue weighted by Gasteiger charge is 2.30. The van der Waals surface area contributed by atoms with Gasteiger partial charge in [0.05, 0.1) is 0 Å². The Balaban J connectivity index is 5.46. The third-order valence-electron chi connectivity index (χ3n) is 8.40. The molecule has 0 aromatic carbocycles. The number of hydrogen-bond acceptors (Lipinski definition) is 4. The Morgan fingerprint density at radius 1 is 0.556 bits per heavy atom. The van der Waals surface area contributed by atoms with Crippen molar-refractivity contribution < 1.29 is 4.43 Å². The van der Waals surface area contributed by atoms with Crippen LogP contribution in [0.3, 0.4) is 0 Å². The van der Waals surface area contributed by atoms with Gasteiger partial charge in [-0.15, -0.1) is 0 Å². The number of hydrogen-bond donors (Lipinski definition) is 0. The zero-order chi connectivity index (χ0) is 27.1. The van der Waals surface area contributed by atoms with E-state index in [0.29, 0.717) is 11.5 Å². The average molecular weight is 528 g/mol. The summed E-state index contributed by atoms with van der Waals surface area (Å²) in [5.41, 5.74) is 0.487. The predicted octanol–water partition coefficient (Wildman–Crippen LogP) is 7.22. The van der Waals surface area contributed by atoms with Gasteiger partial charge in [-0.3, -0.25) is 0 Å².